The van der Waals surface area contributed by atoms with Gasteiger partial charge in [0.2, 0.25) is 0 Å². The van der Waals surface area contributed by atoms with Gasteiger partial charge < -0.3 is 15.2 Å². The Bertz CT molecular complexity index is 386. The minimum atomic E-state index is -1.02. The number of hydrogen-bond donors (Lipinski definition) is 1. The van der Waals surface area contributed by atoms with E-state index in [4.69, 9.17) is 15.2 Å². The van der Waals surface area contributed by atoms with Crippen LogP contribution in [-0.4, -0.2) is 17.2 Å². The molecule has 0 saturated heterocycles. The number of allylic oxidation sites excluding steroid dienone is 3. The first kappa shape index (κ1) is 14.6. The van der Waals surface area contributed by atoms with Gasteiger partial charge in [0.05, 0.1) is 0 Å². The van der Waals surface area contributed by atoms with Gasteiger partial charge in [-0.3, -0.25) is 0 Å². The first-order valence-corrected chi connectivity index (χ1v) is 6.19. The minimum Gasteiger partial charge on any atom is -0.476 e. The van der Waals surface area contributed by atoms with Gasteiger partial charge in [0.25, 0.3) is 0 Å². The second kappa shape index (κ2) is 5.04. The molecule has 0 radical (unpaired) electrons. The molecule has 0 amide bonds. The lowest BCUT2D eigenvalue weighted by Gasteiger charge is -2.30. The van der Waals surface area contributed by atoms with Crippen molar-refractivity contribution < 1.29 is 14.3 Å². The summed E-state index contributed by atoms with van der Waals surface area (Å²) in [6.45, 7) is 8.89. The van der Waals surface area contributed by atoms with Crippen molar-refractivity contribution in [2.75, 3.05) is 0 Å². The summed E-state index contributed by atoms with van der Waals surface area (Å²) < 4.78 is 11.0. The molecule has 102 valence electrons. The fraction of sp³-hybridized carbons (Fsp3) is 0.643. The highest BCUT2D eigenvalue weighted by molar-refractivity contribution is 5.79. The smallest absolute Gasteiger partial charge is 0.350 e. The Kier molecular flexibility index (Phi) is 4.09. The van der Waals surface area contributed by atoms with Crippen molar-refractivity contribution in [3.63, 3.8) is 0 Å². The Balaban J connectivity index is 2.70. The summed E-state index contributed by atoms with van der Waals surface area (Å²) in [4.78, 5) is 12.0. The summed E-state index contributed by atoms with van der Waals surface area (Å²) in [5.41, 5.74) is 4.98. The summed E-state index contributed by atoms with van der Waals surface area (Å²) in [7, 11) is 0. The number of carbonyl (C=O) groups excluding carboxylic acids is 1. The first-order valence-electron chi connectivity index (χ1n) is 6.19. The van der Waals surface area contributed by atoms with Crippen molar-refractivity contribution >= 4 is 5.97 Å². The minimum absolute atomic E-state index is 0.381. The summed E-state index contributed by atoms with van der Waals surface area (Å²) in [5, 5.41) is 0. The van der Waals surface area contributed by atoms with Gasteiger partial charge in [-0.15, -0.1) is 0 Å². The van der Waals surface area contributed by atoms with E-state index in [2.05, 4.69) is 0 Å². The molecule has 0 saturated carbocycles. The van der Waals surface area contributed by atoms with Crippen LogP contribution in [0.2, 0.25) is 0 Å². The van der Waals surface area contributed by atoms with Crippen LogP contribution in [0.3, 0.4) is 0 Å². The van der Waals surface area contributed by atoms with Crippen molar-refractivity contribution in [3.05, 3.63) is 23.6 Å². The molecule has 0 aromatic heterocycles. The molecule has 0 bridgehead atoms. The van der Waals surface area contributed by atoms with Gasteiger partial charge in [0.15, 0.2) is 5.60 Å². The Labute approximate surface area is 109 Å². The molecule has 18 heavy (non-hydrogen) atoms. The molecule has 4 nitrogen and oxygen atoms in total. The van der Waals surface area contributed by atoms with Crippen molar-refractivity contribution in [1.29, 1.82) is 0 Å². The van der Waals surface area contributed by atoms with Crippen LogP contribution >= 0.6 is 0 Å². The van der Waals surface area contributed by atoms with Gasteiger partial charge in [-0.05, 0) is 59.6 Å². The molecular formula is C14H23NO3. The zero-order valence-electron chi connectivity index (χ0n) is 11.9. The molecule has 1 aliphatic carbocycles. The number of rotatable bonds is 3. The van der Waals surface area contributed by atoms with E-state index in [1.807, 2.05) is 26.8 Å². The van der Waals surface area contributed by atoms with Gasteiger partial charge in [-0.25, -0.2) is 4.79 Å². The second-order valence-corrected chi connectivity index (χ2v) is 5.98. The van der Waals surface area contributed by atoms with Crippen LogP contribution in [-0.2, 0) is 14.3 Å². The molecule has 0 aromatic carbocycles. The molecule has 0 heterocycles. The van der Waals surface area contributed by atoms with Crippen LogP contribution in [0.25, 0.3) is 0 Å². The molecule has 0 aliphatic heterocycles. The predicted octanol–water partition coefficient (Wildman–Crippen LogP) is 2.64. The zero-order chi connectivity index (χ0) is 14.0. The highest BCUT2D eigenvalue weighted by atomic mass is 16.6. The van der Waals surface area contributed by atoms with E-state index in [0.717, 1.165) is 18.5 Å². The molecule has 1 rings (SSSR count). The van der Waals surface area contributed by atoms with Gasteiger partial charge in [-0.2, -0.15) is 0 Å². The summed E-state index contributed by atoms with van der Waals surface area (Å²) >= 11 is 0. The van der Waals surface area contributed by atoms with Crippen LogP contribution in [0.15, 0.2) is 23.6 Å². The van der Waals surface area contributed by atoms with Gasteiger partial charge in [0, 0.05) is 5.70 Å². The van der Waals surface area contributed by atoms with E-state index in [1.54, 1.807) is 19.9 Å². The highest BCUT2D eigenvalue weighted by Crippen LogP contribution is 2.24. The Hall–Kier alpha value is -1.45. The van der Waals surface area contributed by atoms with E-state index >= 15 is 0 Å². The first-order chi connectivity index (χ1) is 8.10. The lowest BCUT2D eigenvalue weighted by molar-refractivity contribution is -0.175. The summed E-state index contributed by atoms with van der Waals surface area (Å²) in [6, 6.07) is 0. The quantitative estimate of drug-likeness (QED) is 0.785. The van der Waals surface area contributed by atoms with Crippen LogP contribution in [0.5, 0.6) is 0 Å². The highest BCUT2D eigenvalue weighted by Gasteiger charge is 2.35. The fourth-order valence-electron chi connectivity index (χ4n) is 1.50. The standard InChI is InChI=1S/C14H23NO3/c1-13(2,3)18-12(16)14(4,5)17-11-8-6-7-10(15)9-11/h8-9H,6-7,15H2,1-5H3. The lowest BCUT2D eigenvalue weighted by atomic mass is 10.1. The molecular weight excluding hydrogens is 230 g/mol. The maximum absolute atomic E-state index is 12.0. The van der Waals surface area contributed by atoms with Crippen molar-refractivity contribution in [3.8, 4) is 0 Å². The SMILES string of the molecule is CC(C)(C)OC(=O)C(C)(C)OC1=CCCC(N)=C1. The van der Waals surface area contributed by atoms with Crippen LogP contribution in [0.1, 0.15) is 47.5 Å². The molecule has 1 aliphatic rings. The number of carbonyl (C=O) groups is 1. The second-order valence-electron chi connectivity index (χ2n) is 5.98. The zero-order valence-corrected chi connectivity index (χ0v) is 11.9. The average Bonchev–Trinajstić information content (AvgIpc) is 2.13. The Morgan fingerprint density at radius 1 is 1.28 bits per heavy atom. The third-order valence-electron chi connectivity index (χ3n) is 2.37. The van der Waals surface area contributed by atoms with Gasteiger partial charge in [-0.1, -0.05) is 0 Å². The van der Waals surface area contributed by atoms with Gasteiger partial charge in [0.1, 0.15) is 11.4 Å². The largest absolute Gasteiger partial charge is 0.476 e. The third kappa shape index (κ3) is 4.43. The summed E-state index contributed by atoms with van der Waals surface area (Å²) in [6.07, 6.45) is 5.36. The maximum Gasteiger partial charge on any atom is 0.350 e. The topological polar surface area (TPSA) is 61.5 Å². The molecule has 0 aromatic rings. The van der Waals surface area contributed by atoms with Gasteiger partial charge >= 0.3 is 5.97 Å². The van der Waals surface area contributed by atoms with E-state index in [-0.39, 0.29) is 5.97 Å². The molecule has 0 spiro atoms. The fourth-order valence-corrected chi connectivity index (χ4v) is 1.50. The van der Waals surface area contributed by atoms with Crippen LogP contribution < -0.4 is 5.73 Å². The van der Waals surface area contributed by atoms with E-state index < -0.39 is 11.2 Å². The molecule has 4 heteroatoms. The molecule has 0 unspecified atom stereocenters. The van der Waals surface area contributed by atoms with Crippen LogP contribution in [0.4, 0.5) is 0 Å². The number of nitrogens with two attached hydrogens (primary N) is 1. The van der Waals surface area contributed by atoms with Crippen molar-refractivity contribution in [1.82, 2.24) is 0 Å². The third-order valence-corrected chi connectivity index (χ3v) is 2.37. The molecule has 0 atom stereocenters. The van der Waals surface area contributed by atoms with Crippen molar-refractivity contribution in [2.45, 2.75) is 58.7 Å². The number of ether oxygens (including phenoxy) is 2. The predicted molar refractivity (Wildman–Crippen MR) is 70.6 cm³/mol. The molecule has 2 N–H and O–H groups in total. The van der Waals surface area contributed by atoms with Crippen LogP contribution in [0, 0.1) is 0 Å². The number of hydrogen-bond acceptors (Lipinski definition) is 4. The number of esters is 1. The Morgan fingerprint density at radius 2 is 1.89 bits per heavy atom. The summed E-state index contributed by atoms with van der Waals surface area (Å²) in [5.74, 6) is 0.253. The van der Waals surface area contributed by atoms with Crippen molar-refractivity contribution in [2.24, 2.45) is 5.73 Å². The molecule has 0 fully saturated rings. The maximum atomic E-state index is 12.0. The Morgan fingerprint density at radius 3 is 2.39 bits per heavy atom. The normalized spacial score (nSPS) is 16.7. The lowest BCUT2D eigenvalue weighted by Crippen LogP contribution is -2.40. The van der Waals surface area contributed by atoms with E-state index in [9.17, 15) is 4.79 Å². The average molecular weight is 253 g/mol. The monoisotopic (exact) mass is 253 g/mol. The van der Waals surface area contributed by atoms with E-state index in [1.165, 1.54) is 0 Å². The van der Waals surface area contributed by atoms with E-state index in [0.29, 0.717) is 5.76 Å².